The number of aromatic nitrogens is 2. The van der Waals surface area contributed by atoms with Gasteiger partial charge in [-0.25, -0.2) is 0 Å². The van der Waals surface area contributed by atoms with Crippen molar-refractivity contribution in [2.45, 2.75) is 18.6 Å². The fourth-order valence-electron chi connectivity index (χ4n) is 1.20. The van der Waals surface area contributed by atoms with Gasteiger partial charge in [0.25, 0.3) is 5.56 Å². The lowest BCUT2D eigenvalue weighted by Gasteiger charge is -2.03. The molecular formula is C7H8N2OS. The monoisotopic (exact) mass is 168 g/mol. The van der Waals surface area contributed by atoms with E-state index in [1.165, 1.54) is 0 Å². The van der Waals surface area contributed by atoms with Crippen LogP contribution in [0.25, 0.3) is 0 Å². The Morgan fingerprint density at radius 3 is 3.36 bits per heavy atom. The molecule has 0 amide bonds. The SMILES string of the molecule is Cc1cc(=O)nc2n1CCS2. The number of rotatable bonds is 0. The molecule has 0 unspecified atom stereocenters. The van der Waals surface area contributed by atoms with Crippen molar-refractivity contribution in [2.24, 2.45) is 0 Å². The summed E-state index contributed by atoms with van der Waals surface area (Å²) < 4.78 is 2.08. The highest BCUT2D eigenvalue weighted by molar-refractivity contribution is 7.99. The van der Waals surface area contributed by atoms with Crippen molar-refractivity contribution >= 4 is 11.8 Å². The van der Waals surface area contributed by atoms with Crippen LogP contribution in [0.3, 0.4) is 0 Å². The van der Waals surface area contributed by atoms with E-state index in [0.717, 1.165) is 23.1 Å². The third kappa shape index (κ3) is 1.07. The van der Waals surface area contributed by atoms with Gasteiger partial charge < -0.3 is 4.57 Å². The Hall–Kier alpha value is -0.770. The predicted molar refractivity (Wildman–Crippen MR) is 44.0 cm³/mol. The molecule has 2 rings (SSSR count). The molecule has 0 saturated carbocycles. The van der Waals surface area contributed by atoms with Gasteiger partial charge in [0.1, 0.15) is 0 Å². The van der Waals surface area contributed by atoms with Crippen LogP contribution in [0, 0.1) is 6.92 Å². The lowest BCUT2D eigenvalue weighted by molar-refractivity contribution is 0.650. The molecule has 3 nitrogen and oxygen atoms in total. The zero-order valence-corrected chi connectivity index (χ0v) is 7.02. The third-order valence-electron chi connectivity index (χ3n) is 1.74. The minimum absolute atomic E-state index is 0.122. The van der Waals surface area contributed by atoms with Crippen LogP contribution >= 0.6 is 11.8 Å². The minimum Gasteiger partial charge on any atom is -0.324 e. The van der Waals surface area contributed by atoms with Crippen LogP contribution in [0.4, 0.5) is 0 Å². The van der Waals surface area contributed by atoms with Gasteiger partial charge in [0.2, 0.25) is 0 Å². The fourth-order valence-corrected chi connectivity index (χ4v) is 2.21. The third-order valence-corrected chi connectivity index (χ3v) is 2.70. The Morgan fingerprint density at radius 1 is 1.73 bits per heavy atom. The summed E-state index contributed by atoms with van der Waals surface area (Å²) in [6.45, 7) is 2.93. The van der Waals surface area contributed by atoms with Gasteiger partial charge in [-0.05, 0) is 6.92 Å². The van der Waals surface area contributed by atoms with Gasteiger partial charge >= 0.3 is 0 Å². The molecule has 0 fully saturated rings. The summed E-state index contributed by atoms with van der Waals surface area (Å²) in [6, 6.07) is 1.58. The second-order valence-electron chi connectivity index (χ2n) is 2.52. The smallest absolute Gasteiger partial charge is 0.273 e. The number of hydrogen-bond acceptors (Lipinski definition) is 3. The molecule has 1 aromatic rings. The first-order valence-corrected chi connectivity index (χ1v) is 4.47. The van der Waals surface area contributed by atoms with E-state index in [2.05, 4.69) is 9.55 Å². The fraction of sp³-hybridized carbons (Fsp3) is 0.429. The molecule has 0 bridgehead atoms. The van der Waals surface area contributed by atoms with Gasteiger partial charge in [-0.3, -0.25) is 4.79 Å². The Morgan fingerprint density at radius 2 is 2.55 bits per heavy atom. The van der Waals surface area contributed by atoms with Gasteiger partial charge in [0.05, 0.1) is 0 Å². The lowest BCUT2D eigenvalue weighted by Crippen LogP contribution is -2.12. The lowest BCUT2D eigenvalue weighted by atomic mass is 10.4. The molecule has 1 aromatic heterocycles. The minimum atomic E-state index is -0.122. The quantitative estimate of drug-likeness (QED) is 0.534. The predicted octanol–water partition coefficient (Wildman–Crippen LogP) is 0.657. The maximum atomic E-state index is 10.9. The number of hydrogen-bond donors (Lipinski definition) is 0. The van der Waals surface area contributed by atoms with E-state index >= 15 is 0 Å². The number of aryl methyl sites for hydroxylation is 1. The van der Waals surface area contributed by atoms with Crippen molar-refractivity contribution in [1.29, 1.82) is 0 Å². The molecule has 4 heteroatoms. The standard InChI is InChI=1S/C7H8N2OS/c1-5-4-6(10)8-7-9(5)2-3-11-7/h4H,2-3H2,1H3. The van der Waals surface area contributed by atoms with E-state index in [1.54, 1.807) is 17.8 Å². The molecular weight excluding hydrogens is 160 g/mol. The molecule has 0 N–H and O–H groups in total. The molecule has 2 heterocycles. The van der Waals surface area contributed by atoms with Crippen LogP contribution in [0.5, 0.6) is 0 Å². The largest absolute Gasteiger partial charge is 0.324 e. The topological polar surface area (TPSA) is 34.9 Å². The Labute approximate surface area is 68.5 Å². The summed E-state index contributed by atoms with van der Waals surface area (Å²) >= 11 is 1.65. The first-order valence-electron chi connectivity index (χ1n) is 3.48. The molecule has 0 spiro atoms. The molecule has 0 atom stereocenters. The van der Waals surface area contributed by atoms with Crippen molar-refractivity contribution in [1.82, 2.24) is 9.55 Å². The average Bonchev–Trinajstić information content (AvgIpc) is 2.34. The van der Waals surface area contributed by atoms with Gasteiger partial charge in [-0.1, -0.05) is 11.8 Å². The van der Waals surface area contributed by atoms with Crippen molar-refractivity contribution in [3.8, 4) is 0 Å². The summed E-state index contributed by atoms with van der Waals surface area (Å²) in [5, 5.41) is 0.870. The van der Waals surface area contributed by atoms with Crippen LogP contribution in [0.2, 0.25) is 0 Å². The highest BCUT2D eigenvalue weighted by Gasteiger charge is 2.12. The maximum absolute atomic E-state index is 10.9. The zero-order valence-electron chi connectivity index (χ0n) is 6.20. The maximum Gasteiger partial charge on any atom is 0.273 e. The van der Waals surface area contributed by atoms with E-state index in [-0.39, 0.29) is 5.56 Å². The van der Waals surface area contributed by atoms with E-state index in [9.17, 15) is 4.79 Å². The average molecular weight is 168 g/mol. The van der Waals surface area contributed by atoms with Gasteiger partial charge in [0, 0.05) is 24.1 Å². The first-order chi connectivity index (χ1) is 5.27. The van der Waals surface area contributed by atoms with Crippen molar-refractivity contribution in [3.63, 3.8) is 0 Å². The Kier molecular flexibility index (Phi) is 1.49. The van der Waals surface area contributed by atoms with Gasteiger partial charge in [-0.15, -0.1) is 0 Å². The van der Waals surface area contributed by atoms with Crippen molar-refractivity contribution in [3.05, 3.63) is 22.1 Å². The van der Waals surface area contributed by atoms with Crippen LogP contribution in [0.1, 0.15) is 5.69 Å². The number of nitrogens with zero attached hydrogens (tertiary/aromatic N) is 2. The molecule has 1 aliphatic heterocycles. The van der Waals surface area contributed by atoms with E-state index < -0.39 is 0 Å². The molecule has 58 valence electrons. The van der Waals surface area contributed by atoms with E-state index in [4.69, 9.17) is 0 Å². The van der Waals surface area contributed by atoms with Crippen LogP contribution < -0.4 is 5.56 Å². The van der Waals surface area contributed by atoms with E-state index in [0.29, 0.717) is 0 Å². The first kappa shape index (κ1) is 6.91. The Bertz CT molecular complexity index is 345. The number of fused-ring (bicyclic) bond motifs is 1. The van der Waals surface area contributed by atoms with E-state index in [1.807, 2.05) is 6.92 Å². The second-order valence-corrected chi connectivity index (χ2v) is 3.58. The highest BCUT2D eigenvalue weighted by atomic mass is 32.2. The second kappa shape index (κ2) is 2.37. The normalized spacial score (nSPS) is 15.0. The molecule has 0 aromatic carbocycles. The zero-order chi connectivity index (χ0) is 7.84. The van der Waals surface area contributed by atoms with Crippen molar-refractivity contribution < 1.29 is 0 Å². The summed E-state index contributed by atoms with van der Waals surface area (Å²) in [6.07, 6.45) is 0. The molecule has 1 aliphatic rings. The van der Waals surface area contributed by atoms with Gasteiger partial charge in [0.15, 0.2) is 5.16 Å². The van der Waals surface area contributed by atoms with Crippen LogP contribution in [-0.4, -0.2) is 15.3 Å². The van der Waals surface area contributed by atoms with Gasteiger partial charge in [-0.2, -0.15) is 4.98 Å². The highest BCUT2D eigenvalue weighted by Crippen LogP contribution is 2.22. The van der Waals surface area contributed by atoms with Crippen molar-refractivity contribution in [2.75, 3.05) is 5.75 Å². The molecule has 11 heavy (non-hydrogen) atoms. The van der Waals surface area contributed by atoms with Crippen LogP contribution in [0.15, 0.2) is 16.0 Å². The molecule has 0 aliphatic carbocycles. The molecule has 0 saturated heterocycles. The number of thioether (sulfide) groups is 1. The Balaban J connectivity index is 2.70. The molecule has 0 radical (unpaired) electrons. The summed E-state index contributed by atoms with van der Waals surface area (Å²) in [5.74, 6) is 1.04. The summed E-state index contributed by atoms with van der Waals surface area (Å²) in [4.78, 5) is 14.8. The summed E-state index contributed by atoms with van der Waals surface area (Å²) in [5.41, 5.74) is 0.896. The summed E-state index contributed by atoms with van der Waals surface area (Å²) in [7, 11) is 0. The van der Waals surface area contributed by atoms with Crippen LogP contribution in [-0.2, 0) is 6.54 Å².